The number of nitrogens with one attached hydrogen (secondary N) is 1. The van der Waals surface area contributed by atoms with Crippen molar-refractivity contribution >= 4 is 11.6 Å². The van der Waals surface area contributed by atoms with E-state index in [9.17, 15) is 9.59 Å². The number of aliphatic hydroxyl groups is 1. The Kier molecular flexibility index (Phi) is 3.41. The van der Waals surface area contributed by atoms with Gasteiger partial charge in [0.2, 0.25) is 0 Å². The minimum atomic E-state index is -0.397. The van der Waals surface area contributed by atoms with Crippen LogP contribution in [0.3, 0.4) is 0 Å². The third-order valence-corrected chi connectivity index (χ3v) is 2.45. The molecule has 0 bridgehead atoms. The second-order valence-electron chi connectivity index (χ2n) is 3.60. The molecule has 0 aromatic rings. The van der Waals surface area contributed by atoms with E-state index in [-0.39, 0.29) is 24.2 Å². The maximum atomic E-state index is 11.3. The molecule has 0 amide bonds. The molecule has 0 radical (unpaired) electrons. The van der Waals surface area contributed by atoms with E-state index in [0.29, 0.717) is 12.8 Å². The lowest BCUT2D eigenvalue weighted by molar-refractivity contribution is -0.123. The standard InChI is InChI=1S/C10H15NO3/c1-6-10(11-6)9(14)4-3-8(5-12)7(2)13/h8,10-12H,1,3-5H2,2H3/t8-,10?/m0/s1. The van der Waals surface area contributed by atoms with E-state index >= 15 is 0 Å². The van der Waals surface area contributed by atoms with Gasteiger partial charge in [0.05, 0.1) is 6.61 Å². The van der Waals surface area contributed by atoms with E-state index in [4.69, 9.17) is 5.11 Å². The van der Waals surface area contributed by atoms with Gasteiger partial charge in [-0.1, -0.05) is 6.58 Å². The quantitative estimate of drug-likeness (QED) is 0.588. The van der Waals surface area contributed by atoms with Gasteiger partial charge in [-0.25, -0.2) is 0 Å². The predicted octanol–water partition coefficient (Wildman–Crippen LogP) is 0.0187. The lowest BCUT2D eigenvalue weighted by Gasteiger charge is -2.08. The van der Waals surface area contributed by atoms with Crippen molar-refractivity contribution < 1.29 is 14.7 Å². The van der Waals surface area contributed by atoms with Crippen molar-refractivity contribution in [3.05, 3.63) is 12.3 Å². The molecule has 78 valence electrons. The maximum Gasteiger partial charge on any atom is 0.161 e. The molecule has 2 N–H and O–H groups in total. The smallest absolute Gasteiger partial charge is 0.161 e. The molecule has 1 fully saturated rings. The van der Waals surface area contributed by atoms with Crippen LogP contribution in [0.2, 0.25) is 0 Å². The molecule has 0 aromatic carbocycles. The van der Waals surface area contributed by atoms with Crippen LogP contribution in [0, 0.1) is 5.92 Å². The number of carbonyl (C=O) groups is 2. The fraction of sp³-hybridized carbons (Fsp3) is 0.600. The van der Waals surface area contributed by atoms with E-state index in [1.54, 1.807) is 0 Å². The molecule has 1 saturated heterocycles. The molecule has 4 heteroatoms. The van der Waals surface area contributed by atoms with E-state index in [0.717, 1.165) is 5.70 Å². The van der Waals surface area contributed by atoms with Gasteiger partial charge < -0.3 is 10.4 Å². The molecule has 0 spiro atoms. The third kappa shape index (κ3) is 2.67. The largest absolute Gasteiger partial charge is 0.396 e. The fourth-order valence-electron chi connectivity index (χ4n) is 1.30. The van der Waals surface area contributed by atoms with Crippen molar-refractivity contribution in [1.29, 1.82) is 0 Å². The molecule has 2 atom stereocenters. The van der Waals surface area contributed by atoms with Crippen molar-refractivity contribution in [2.45, 2.75) is 25.8 Å². The Hall–Kier alpha value is -1.16. The minimum absolute atomic E-state index is 0.0506. The van der Waals surface area contributed by atoms with E-state index < -0.39 is 5.92 Å². The van der Waals surface area contributed by atoms with Crippen molar-refractivity contribution in [1.82, 2.24) is 5.32 Å². The van der Waals surface area contributed by atoms with Gasteiger partial charge in [-0.15, -0.1) is 0 Å². The summed E-state index contributed by atoms with van der Waals surface area (Å²) in [6.45, 7) is 4.85. The normalized spacial score (nSPS) is 21.3. The molecule has 0 aromatic heterocycles. The highest BCUT2D eigenvalue weighted by Crippen LogP contribution is 2.18. The summed E-state index contributed by atoms with van der Waals surface area (Å²) in [4.78, 5) is 22.3. The molecular formula is C10H15NO3. The van der Waals surface area contributed by atoms with E-state index in [1.807, 2.05) is 0 Å². The topological polar surface area (TPSA) is 76.3 Å². The van der Waals surface area contributed by atoms with Crippen molar-refractivity contribution in [3.8, 4) is 0 Å². The highest BCUT2D eigenvalue weighted by atomic mass is 16.3. The number of carbonyl (C=O) groups excluding carboxylic acids is 2. The van der Waals surface area contributed by atoms with E-state index in [2.05, 4.69) is 11.9 Å². The molecule has 1 heterocycles. The van der Waals surface area contributed by atoms with Crippen LogP contribution in [0.15, 0.2) is 12.3 Å². The molecule has 0 saturated carbocycles. The monoisotopic (exact) mass is 197 g/mol. The van der Waals surface area contributed by atoms with Gasteiger partial charge in [0.15, 0.2) is 5.78 Å². The van der Waals surface area contributed by atoms with Crippen LogP contribution in [0.1, 0.15) is 19.8 Å². The Morgan fingerprint density at radius 1 is 1.64 bits per heavy atom. The first-order chi connectivity index (χ1) is 6.56. The molecule has 1 unspecified atom stereocenters. The summed E-state index contributed by atoms with van der Waals surface area (Å²) in [5.41, 5.74) is 0.748. The third-order valence-electron chi connectivity index (χ3n) is 2.45. The summed E-state index contributed by atoms with van der Waals surface area (Å²) < 4.78 is 0. The Morgan fingerprint density at radius 2 is 2.21 bits per heavy atom. The molecule has 1 aliphatic heterocycles. The Morgan fingerprint density at radius 3 is 2.57 bits per heavy atom. The zero-order valence-electron chi connectivity index (χ0n) is 8.25. The van der Waals surface area contributed by atoms with Crippen LogP contribution in [-0.4, -0.2) is 29.3 Å². The highest BCUT2D eigenvalue weighted by molar-refractivity contribution is 5.91. The molecule has 14 heavy (non-hydrogen) atoms. The van der Waals surface area contributed by atoms with Gasteiger partial charge in [0.25, 0.3) is 0 Å². The van der Waals surface area contributed by atoms with Crippen molar-refractivity contribution in [2.24, 2.45) is 5.92 Å². The predicted molar refractivity (Wildman–Crippen MR) is 51.6 cm³/mol. The number of hydrogen-bond donors (Lipinski definition) is 2. The summed E-state index contributed by atoms with van der Waals surface area (Å²) in [6.07, 6.45) is 0.748. The zero-order chi connectivity index (χ0) is 10.7. The molecule has 1 aliphatic rings. The number of rotatable bonds is 6. The summed E-state index contributed by atoms with van der Waals surface area (Å²) in [5.74, 6) is -0.413. The van der Waals surface area contributed by atoms with Crippen molar-refractivity contribution in [2.75, 3.05) is 6.61 Å². The van der Waals surface area contributed by atoms with Gasteiger partial charge in [-0.05, 0) is 13.3 Å². The number of hydrogen-bond acceptors (Lipinski definition) is 4. The number of Topliss-reactive ketones (excluding diaryl/α,β-unsaturated/α-hetero) is 2. The lowest BCUT2D eigenvalue weighted by atomic mass is 9.98. The molecule has 0 aliphatic carbocycles. The molecule has 4 nitrogen and oxygen atoms in total. The van der Waals surface area contributed by atoms with Gasteiger partial charge in [0.1, 0.15) is 11.8 Å². The molecular weight excluding hydrogens is 182 g/mol. The summed E-state index contributed by atoms with van der Waals surface area (Å²) in [7, 11) is 0. The average molecular weight is 197 g/mol. The summed E-state index contributed by atoms with van der Waals surface area (Å²) >= 11 is 0. The second-order valence-corrected chi connectivity index (χ2v) is 3.60. The van der Waals surface area contributed by atoms with Crippen molar-refractivity contribution in [3.63, 3.8) is 0 Å². The number of aliphatic hydroxyl groups excluding tert-OH is 1. The van der Waals surface area contributed by atoms with Crippen LogP contribution in [-0.2, 0) is 9.59 Å². The first-order valence-corrected chi connectivity index (χ1v) is 4.65. The van der Waals surface area contributed by atoms with Crippen LogP contribution in [0.25, 0.3) is 0 Å². The first kappa shape index (κ1) is 10.9. The van der Waals surface area contributed by atoms with Gasteiger partial charge in [0, 0.05) is 18.0 Å². The maximum absolute atomic E-state index is 11.3. The lowest BCUT2D eigenvalue weighted by Crippen LogP contribution is -2.18. The Bertz CT molecular complexity index is 273. The SMILES string of the molecule is C=C1NC1C(=O)CC[C@@H](CO)C(C)=O. The van der Waals surface area contributed by atoms with Crippen LogP contribution < -0.4 is 5.32 Å². The van der Waals surface area contributed by atoms with Gasteiger partial charge in [-0.2, -0.15) is 0 Å². The first-order valence-electron chi connectivity index (χ1n) is 4.65. The van der Waals surface area contributed by atoms with Crippen LogP contribution in [0.5, 0.6) is 0 Å². The van der Waals surface area contributed by atoms with Crippen LogP contribution in [0.4, 0.5) is 0 Å². The average Bonchev–Trinajstić information content (AvgIpc) is 2.83. The summed E-state index contributed by atoms with van der Waals surface area (Å²) in [5, 5.41) is 11.7. The van der Waals surface area contributed by atoms with Gasteiger partial charge >= 0.3 is 0 Å². The Labute approximate surface area is 83.0 Å². The molecule has 1 rings (SSSR count). The van der Waals surface area contributed by atoms with E-state index in [1.165, 1.54) is 6.92 Å². The summed E-state index contributed by atoms with van der Waals surface area (Å²) in [6, 6.07) is -0.207. The fourth-order valence-corrected chi connectivity index (χ4v) is 1.30. The second kappa shape index (κ2) is 4.37. The number of ketones is 2. The zero-order valence-corrected chi connectivity index (χ0v) is 8.25. The minimum Gasteiger partial charge on any atom is -0.396 e. The van der Waals surface area contributed by atoms with Gasteiger partial charge in [-0.3, -0.25) is 9.59 Å². The highest BCUT2D eigenvalue weighted by Gasteiger charge is 2.33. The van der Waals surface area contributed by atoms with Crippen LogP contribution >= 0.6 is 0 Å². The Balaban J connectivity index is 2.28.